The summed E-state index contributed by atoms with van der Waals surface area (Å²) in [5.74, 6) is 2.08. The predicted octanol–water partition coefficient (Wildman–Crippen LogP) is 3.36. The van der Waals surface area contributed by atoms with Crippen molar-refractivity contribution in [1.29, 1.82) is 0 Å². The van der Waals surface area contributed by atoms with Gasteiger partial charge in [-0.15, -0.1) is 0 Å². The summed E-state index contributed by atoms with van der Waals surface area (Å²) in [7, 11) is 0. The number of halogens is 3. The van der Waals surface area contributed by atoms with Gasteiger partial charge in [-0.05, 0) is 91.1 Å². The van der Waals surface area contributed by atoms with Crippen molar-refractivity contribution in [1.82, 2.24) is 20.3 Å². The zero-order valence-electron chi connectivity index (χ0n) is 20.3. The molecule has 37 heavy (non-hydrogen) atoms. The van der Waals surface area contributed by atoms with E-state index in [4.69, 9.17) is 10.2 Å². The molecule has 0 amide bonds. The van der Waals surface area contributed by atoms with E-state index in [1.165, 1.54) is 0 Å². The molecule has 0 unspecified atom stereocenters. The lowest BCUT2D eigenvalue weighted by molar-refractivity contribution is -0.119. The third kappa shape index (κ3) is 10.4. The number of Topliss-reactive ketones (excluding diaryl/α,β-unsaturated/α-hetero) is 1. The minimum absolute atomic E-state index is 0.0463. The number of pyridine rings is 3. The number of carbonyl (C=O) groups excluding carboxylic acids is 1. The van der Waals surface area contributed by atoms with Gasteiger partial charge in [0.05, 0.1) is 25.3 Å². The number of β-amino-alcohol motifs (C(OH)–C–C–N with tert-alkyl or cyclic N) is 2. The number of carbonyl (C=O) groups is 1. The summed E-state index contributed by atoms with van der Waals surface area (Å²) < 4.78 is 2.97. The van der Waals surface area contributed by atoms with Gasteiger partial charge < -0.3 is 25.3 Å². The van der Waals surface area contributed by atoms with E-state index in [1.807, 2.05) is 53.1 Å². The number of aliphatic hydroxyl groups is 2. The van der Waals surface area contributed by atoms with Gasteiger partial charge >= 0.3 is 0 Å². The second-order valence-electron chi connectivity index (χ2n) is 8.55. The monoisotopic (exact) mass is 698 g/mol. The molecule has 9 nitrogen and oxygen atoms in total. The van der Waals surface area contributed by atoms with Crippen LogP contribution in [-0.4, -0.2) is 82.4 Å². The third-order valence-corrected chi connectivity index (χ3v) is 6.71. The van der Waals surface area contributed by atoms with Crippen LogP contribution < -0.4 is 15.1 Å². The molecule has 6 rings (SSSR count). The quantitative estimate of drug-likeness (QED) is 0.371. The lowest BCUT2D eigenvalue weighted by atomic mass is 10.2. The fraction of sp³-hybridized carbons (Fsp3) is 0.360. The molecule has 0 radical (unpaired) electrons. The molecule has 0 aromatic carbocycles. The van der Waals surface area contributed by atoms with Crippen molar-refractivity contribution in [2.75, 3.05) is 49.1 Å². The molecule has 6 heterocycles. The van der Waals surface area contributed by atoms with Crippen LogP contribution in [0, 0.1) is 6.92 Å². The zero-order valence-corrected chi connectivity index (χ0v) is 25.0. The average Bonchev–Trinajstić information content (AvgIpc) is 2.83. The number of aliphatic hydroxyl groups excluding tert-OH is 2. The van der Waals surface area contributed by atoms with E-state index in [9.17, 15) is 4.79 Å². The molecular weight excluding hydrogens is 672 g/mol. The standard InChI is InChI=1S/C8H9BrN2O.C8H7BrN2O.C6H6BrN.C3H7NO/c2*9-6-1-2-8(10-3-6)11-4-7(12)5-11;1-5-2-3-6(7)4-8-5;5-3-1-4-2-3/h1-3,7,12H,4-5H2;1-3H,4-5H2;2-4H,1H3;3-5H,1-2H2. The summed E-state index contributed by atoms with van der Waals surface area (Å²) in [6.45, 7) is 5.97. The first kappa shape index (κ1) is 29.6. The first-order chi connectivity index (χ1) is 17.7. The summed E-state index contributed by atoms with van der Waals surface area (Å²) in [5.41, 5.74) is 1.05. The van der Waals surface area contributed by atoms with Gasteiger partial charge in [0.2, 0.25) is 0 Å². The second-order valence-corrected chi connectivity index (χ2v) is 11.3. The highest BCUT2D eigenvalue weighted by molar-refractivity contribution is 9.11. The van der Waals surface area contributed by atoms with E-state index in [2.05, 4.69) is 68.1 Å². The Bertz CT molecular complexity index is 1080. The molecule has 3 aromatic rings. The minimum Gasteiger partial charge on any atom is -0.390 e. The van der Waals surface area contributed by atoms with Crippen LogP contribution in [0.3, 0.4) is 0 Å². The molecule has 0 saturated carbocycles. The maximum absolute atomic E-state index is 10.7. The molecule has 3 saturated heterocycles. The van der Waals surface area contributed by atoms with Crippen molar-refractivity contribution in [3.05, 3.63) is 74.1 Å². The molecule has 3 aliphatic rings. The van der Waals surface area contributed by atoms with E-state index in [1.54, 1.807) is 18.6 Å². The van der Waals surface area contributed by atoms with E-state index in [-0.39, 0.29) is 18.0 Å². The van der Waals surface area contributed by atoms with Gasteiger partial charge in [-0.3, -0.25) is 9.78 Å². The molecule has 3 aliphatic heterocycles. The fourth-order valence-corrected chi connectivity index (χ4v) is 3.72. The highest BCUT2D eigenvalue weighted by Gasteiger charge is 2.25. The number of hydrogen-bond acceptors (Lipinski definition) is 9. The molecular formula is C25H29Br3N6O3. The van der Waals surface area contributed by atoms with Crippen LogP contribution >= 0.6 is 47.8 Å². The van der Waals surface area contributed by atoms with Crippen LogP contribution in [0.1, 0.15) is 5.69 Å². The Morgan fingerprint density at radius 2 is 1.22 bits per heavy atom. The highest BCUT2D eigenvalue weighted by Crippen LogP contribution is 2.20. The van der Waals surface area contributed by atoms with Gasteiger partial charge in [-0.1, -0.05) is 0 Å². The number of aryl methyl sites for hydroxylation is 1. The maximum Gasteiger partial charge on any atom is 0.171 e. The van der Waals surface area contributed by atoms with E-state index in [0.717, 1.165) is 43.8 Å². The number of aromatic nitrogens is 3. The van der Waals surface area contributed by atoms with Gasteiger partial charge in [-0.2, -0.15) is 0 Å². The van der Waals surface area contributed by atoms with Crippen molar-refractivity contribution in [3.8, 4) is 0 Å². The lowest BCUT2D eigenvalue weighted by Crippen LogP contribution is -2.51. The van der Waals surface area contributed by atoms with Crippen LogP contribution in [0.2, 0.25) is 0 Å². The zero-order chi connectivity index (χ0) is 26.8. The topological polar surface area (TPSA) is 115 Å². The number of nitrogens with one attached hydrogen (secondary N) is 1. The first-order valence-electron chi connectivity index (χ1n) is 11.6. The van der Waals surface area contributed by atoms with E-state index >= 15 is 0 Å². The average molecular weight is 701 g/mol. The first-order valence-corrected chi connectivity index (χ1v) is 14.0. The Balaban J connectivity index is 0.000000144. The number of anilines is 2. The summed E-state index contributed by atoms with van der Waals surface area (Å²) >= 11 is 9.90. The van der Waals surface area contributed by atoms with Crippen molar-refractivity contribution >= 4 is 65.2 Å². The van der Waals surface area contributed by atoms with Crippen LogP contribution in [-0.2, 0) is 4.79 Å². The van der Waals surface area contributed by atoms with Crippen LogP contribution in [0.5, 0.6) is 0 Å². The van der Waals surface area contributed by atoms with Gasteiger partial charge in [0.25, 0.3) is 0 Å². The Morgan fingerprint density at radius 1 is 0.757 bits per heavy atom. The number of hydrogen-bond donors (Lipinski definition) is 3. The third-order valence-electron chi connectivity index (χ3n) is 5.30. The van der Waals surface area contributed by atoms with Crippen molar-refractivity contribution in [2.45, 2.75) is 19.1 Å². The lowest BCUT2D eigenvalue weighted by Gasteiger charge is -2.36. The molecule has 0 aliphatic carbocycles. The van der Waals surface area contributed by atoms with Crippen LogP contribution in [0.15, 0.2) is 68.4 Å². The summed E-state index contributed by atoms with van der Waals surface area (Å²) in [6, 6.07) is 11.6. The predicted molar refractivity (Wildman–Crippen MR) is 155 cm³/mol. The normalized spacial score (nSPS) is 16.4. The molecule has 3 fully saturated rings. The smallest absolute Gasteiger partial charge is 0.171 e. The van der Waals surface area contributed by atoms with Crippen LogP contribution in [0.25, 0.3) is 0 Å². The highest BCUT2D eigenvalue weighted by atomic mass is 79.9. The van der Waals surface area contributed by atoms with Crippen molar-refractivity contribution < 1.29 is 15.0 Å². The van der Waals surface area contributed by atoms with Gasteiger partial charge in [0.1, 0.15) is 11.6 Å². The summed E-state index contributed by atoms with van der Waals surface area (Å²) in [5, 5.41) is 20.4. The summed E-state index contributed by atoms with van der Waals surface area (Å²) in [6.07, 6.45) is 5.07. The number of rotatable bonds is 2. The van der Waals surface area contributed by atoms with E-state index in [0.29, 0.717) is 26.2 Å². The van der Waals surface area contributed by atoms with Gasteiger partial charge in [0.15, 0.2) is 5.78 Å². The Hall–Kier alpha value is -1.96. The van der Waals surface area contributed by atoms with Gasteiger partial charge in [0, 0.05) is 63.9 Å². The maximum atomic E-state index is 10.7. The largest absolute Gasteiger partial charge is 0.390 e. The molecule has 0 bridgehead atoms. The Kier molecular flexibility index (Phi) is 11.9. The Morgan fingerprint density at radius 3 is 1.51 bits per heavy atom. The number of nitrogens with zero attached hydrogens (tertiary/aromatic N) is 5. The molecule has 0 atom stereocenters. The number of ketones is 1. The molecule has 0 spiro atoms. The Labute approximate surface area is 241 Å². The molecule has 12 heteroatoms. The molecule has 3 N–H and O–H groups in total. The SMILES string of the molecule is Cc1ccc(Br)cn1.O=C1CN(c2ccc(Br)cn2)C1.OC1CN(c2ccc(Br)cn2)C1.OC1CNC1. The molecule has 198 valence electrons. The van der Waals surface area contributed by atoms with Crippen LogP contribution in [0.4, 0.5) is 11.6 Å². The molecule has 3 aromatic heterocycles. The summed E-state index contributed by atoms with van der Waals surface area (Å²) in [4.78, 5) is 27.0. The minimum atomic E-state index is -0.171. The van der Waals surface area contributed by atoms with E-state index < -0.39 is 0 Å². The van der Waals surface area contributed by atoms with Gasteiger partial charge in [-0.25, -0.2) is 9.97 Å². The fourth-order valence-electron chi connectivity index (χ4n) is 3.02. The second kappa shape index (κ2) is 14.8. The van der Waals surface area contributed by atoms with Crippen molar-refractivity contribution in [2.24, 2.45) is 0 Å². The van der Waals surface area contributed by atoms with Crippen molar-refractivity contribution in [3.63, 3.8) is 0 Å².